The largest absolute Gasteiger partial charge is 0.396 e. The SMILES string of the molecule is Cc1nnc(N2CC(CO)C2)c(C#N)c1C. The van der Waals surface area contributed by atoms with E-state index in [0.29, 0.717) is 17.3 Å². The van der Waals surface area contributed by atoms with Gasteiger partial charge in [-0.1, -0.05) is 0 Å². The van der Waals surface area contributed by atoms with Gasteiger partial charge < -0.3 is 10.0 Å². The van der Waals surface area contributed by atoms with Gasteiger partial charge in [0.05, 0.1) is 5.69 Å². The summed E-state index contributed by atoms with van der Waals surface area (Å²) in [5.41, 5.74) is 2.28. The lowest BCUT2D eigenvalue weighted by atomic mass is 10.00. The fraction of sp³-hybridized carbons (Fsp3) is 0.545. The Morgan fingerprint density at radius 1 is 1.44 bits per heavy atom. The highest BCUT2D eigenvalue weighted by molar-refractivity contribution is 5.58. The fourth-order valence-electron chi connectivity index (χ4n) is 1.81. The zero-order valence-electron chi connectivity index (χ0n) is 9.43. The molecular formula is C11H14N4O. The fourth-order valence-corrected chi connectivity index (χ4v) is 1.81. The van der Waals surface area contributed by atoms with Crippen LogP contribution >= 0.6 is 0 Å². The molecule has 16 heavy (non-hydrogen) atoms. The van der Waals surface area contributed by atoms with Gasteiger partial charge in [0.15, 0.2) is 5.82 Å². The van der Waals surface area contributed by atoms with Crippen LogP contribution in [-0.4, -0.2) is 35.0 Å². The summed E-state index contributed by atoms with van der Waals surface area (Å²) < 4.78 is 0. The predicted molar refractivity (Wildman–Crippen MR) is 59.0 cm³/mol. The predicted octanol–water partition coefficient (Wildman–Crippen LogP) is 0.394. The van der Waals surface area contributed by atoms with Crippen molar-refractivity contribution in [3.05, 3.63) is 16.8 Å². The lowest BCUT2D eigenvalue weighted by molar-refractivity contribution is 0.200. The molecule has 1 aromatic rings. The van der Waals surface area contributed by atoms with Crippen molar-refractivity contribution in [3.8, 4) is 6.07 Å². The lowest BCUT2D eigenvalue weighted by Gasteiger charge is -2.39. The number of rotatable bonds is 2. The van der Waals surface area contributed by atoms with Crippen LogP contribution in [0.4, 0.5) is 5.82 Å². The third kappa shape index (κ3) is 1.61. The Morgan fingerprint density at radius 3 is 2.69 bits per heavy atom. The van der Waals surface area contributed by atoms with Gasteiger partial charge in [-0.15, -0.1) is 5.10 Å². The topological polar surface area (TPSA) is 73.0 Å². The highest BCUT2D eigenvalue weighted by atomic mass is 16.3. The summed E-state index contributed by atoms with van der Waals surface area (Å²) in [5, 5.41) is 26.2. The van der Waals surface area contributed by atoms with E-state index in [2.05, 4.69) is 16.3 Å². The second-order valence-electron chi connectivity index (χ2n) is 4.17. The van der Waals surface area contributed by atoms with Crippen LogP contribution in [0.2, 0.25) is 0 Å². The Balaban J connectivity index is 2.30. The molecule has 0 aromatic carbocycles. The van der Waals surface area contributed by atoms with E-state index in [1.165, 1.54) is 0 Å². The number of nitrogens with zero attached hydrogens (tertiary/aromatic N) is 4. The van der Waals surface area contributed by atoms with Crippen LogP contribution in [0.3, 0.4) is 0 Å². The quantitative estimate of drug-likeness (QED) is 0.777. The first-order chi connectivity index (χ1) is 7.67. The van der Waals surface area contributed by atoms with E-state index in [-0.39, 0.29) is 6.61 Å². The minimum Gasteiger partial charge on any atom is -0.396 e. The molecule has 0 spiro atoms. The average molecular weight is 218 g/mol. The van der Waals surface area contributed by atoms with Crippen molar-refractivity contribution in [2.24, 2.45) is 5.92 Å². The molecule has 1 aliphatic rings. The normalized spacial score (nSPS) is 15.8. The molecule has 0 atom stereocenters. The summed E-state index contributed by atoms with van der Waals surface area (Å²) in [6, 6.07) is 2.18. The van der Waals surface area contributed by atoms with Crippen LogP contribution in [0.5, 0.6) is 0 Å². The maximum atomic E-state index is 9.12. The number of aliphatic hydroxyl groups excluding tert-OH is 1. The zero-order chi connectivity index (χ0) is 11.7. The van der Waals surface area contributed by atoms with Crippen molar-refractivity contribution >= 4 is 5.82 Å². The summed E-state index contributed by atoms with van der Waals surface area (Å²) in [7, 11) is 0. The number of aryl methyl sites for hydroxylation is 1. The lowest BCUT2D eigenvalue weighted by Crippen LogP contribution is -2.49. The molecular weight excluding hydrogens is 204 g/mol. The molecule has 5 nitrogen and oxygen atoms in total. The number of hydrogen-bond donors (Lipinski definition) is 1. The molecule has 5 heteroatoms. The summed E-state index contributed by atoms with van der Waals surface area (Å²) in [6.45, 7) is 5.43. The molecule has 1 aromatic heterocycles. The third-order valence-corrected chi connectivity index (χ3v) is 3.06. The van der Waals surface area contributed by atoms with Gasteiger partial charge in [-0.05, 0) is 19.4 Å². The van der Waals surface area contributed by atoms with Gasteiger partial charge in [-0.3, -0.25) is 0 Å². The highest BCUT2D eigenvalue weighted by Gasteiger charge is 2.29. The number of hydrogen-bond acceptors (Lipinski definition) is 5. The van der Waals surface area contributed by atoms with Crippen LogP contribution < -0.4 is 4.90 Å². The summed E-state index contributed by atoms with van der Waals surface area (Å²) in [5.74, 6) is 0.949. The van der Waals surface area contributed by atoms with Crippen molar-refractivity contribution in [2.45, 2.75) is 13.8 Å². The van der Waals surface area contributed by atoms with Crippen molar-refractivity contribution in [1.82, 2.24) is 10.2 Å². The second kappa shape index (κ2) is 4.06. The Hall–Kier alpha value is -1.67. The molecule has 84 valence electrons. The minimum absolute atomic E-state index is 0.191. The highest BCUT2D eigenvalue weighted by Crippen LogP contribution is 2.27. The van der Waals surface area contributed by atoms with Crippen molar-refractivity contribution in [2.75, 3.05) is 24.6 Å². The standard InChI is InChI=1S/C11H14N4O/c1-7-8(2)13-14-11(10(7)3-12)15-4-9(5-15)6-16/h9,16H,4-6H2,1-2H3. The first-order valence-corrected chi connectivity index (χ1v) is 5.27. The van der Waals surface area contributed by atoms with E-state index >= 15 is 0 Å². The number of aromatic nitrogens is 2. The van der Waals surface area contributed by atoms with Gasteiger partial charge in [0.25, 0.3) is 0 Å². The maximum Gasteiger partial charge on any atom is 0.169 e. The average Bonchev–Trinajstić information content (AvgIpc) is 2.22. The van der Waals surface area contributed by atoms with Crippen LogP contribution in [-0.2, 0) is 0 Å². The Bertz CT molecular complexity index is 446. The molecule has 0 aliphatic carbocycles. The van der Waals surface area contributed by atoms with Crippen molar-refractivity contribution < 1.29 is 5.11 Å². The van der Waals surface area contributed by atoms with E-state index < -0.39 is 0 Å². The first-order valence-electron chi connectivity index (χ1n) is 5.27. The maximum absolute atomic E-state index is 9.12. The molecule has 0 saturated carbocycles. The Morgan fingerprint density at radius 2 is 2.12 bits per heavy atom. The summed E-state index contributed by atoms with van der Waals surface area (Å²) in [4.78, 5) is 1.98. The van der Waals surface area contributed by atoms with E-state index in [0.717, 1.165) is 24.3 Å². The van der Waals surface area contributed by atoms with Gasteiger partial charge in [0.2, 0.25) is 0 Å². The van der Waals surface area contributed by atoms with E-state index in [9.17, 15) is 0 Å². The monoisotopic (exact) mass is 218 g/mol. The minimum atomic E-state index is 0.191. The molecule has 0 bridgehead atoms. The summed E-state index contributed by atoms with van der Waals surface area (Å²) >= 11 is 0. The zero-order valence-corrected chi connectivity index (χ0v) is 9.43. The molecule has 2 heterocycles. The second-order valence-corrected chi connectivity index (χ2v) is 4.17. The molecule has 1 fully saturated rings. The Kier molecular flexibility index (Phi) is 2.75. The van der Waals surface area contributed by atoms with Gasteiger partial charge >= 0.3 is 0 Å². The van der Waals surface area contributed by atoms with Crippen molar-refractivity contribution in [3.63, 3.8) is 0 Å². The van der Waals surface area contributed by atoms with Gasteiger partial charge in [0, 0.05) is 25.6 Å². The van der Waals surface area contributed by atoms with Crippen LogP contribution in [0, 0.1) is 31.1 Å². The van der Waals surface area contributed by atoms with E-state index in [4.69, 9.17) is 10.4 Å². The van der Waals surface area contributed by atoms with Crippen molar-refractivity contribution in [1.29, 1.82) is 5.26 Å². The van der Waals surface area contributed by atoms with Crippen LogP contribution in [0.25, 0.3) is 0 Å². The number of anilines is 1. The van der Waals surface area contributed by atoms with Gasteiger partial charge in [-0.25, -0.2) is 0 Å². The Labute approximate surface area is 94.3 Å². The molecule has 1 saturated heterocycles. The summed E-state index contributed by atoms with van der Waals surface area (Å²) in [6.07, 6.45) is 0. The van der Waals surface area contributed by atoms with E-state index in [1.54, 1.807) is 0 Å². The number of nitriles is 1. The molecule has 0 unspecified atom stereocenters. The smallest absolute Gasteiger partial charge is 0.169 e. The van der Waals surface area contributed by atoms with Crippen LogP contribution in [0.15, 0.2) is 0 Å². The number of aliphatic hydroxyl groups is 1. The van der Waals surface area contributed by atoms with E-state index in [1.807, 2.05) is 18.7 Å². The molecule has 2 rings (SSSR count). The van der Waals surface area contributed by atoms with Gasteiger partial charge in [-0.2, -0.15) is 10.4 Å². The first kappa shape index (κ1) is 10.8. The molecule has 0 radical (unpaired) electrons. The molecule has 1 aliphatic heterocycles. The van der Waals surface area contributed by atoms with Gasteiger partial charge in [0.1, 0.15) is 11.6 Å². The third-order valence-electron chi connectivity index (χ3n) is 3.06. The molecule has 0 amide bonds. The molecule has 1 N–H and O–H groups in total. The van der Waals surface area contributed by atoms with Crippen LogP contribution in [0.1, 0.15) is 16.8 Å².